The zero-order chi connectivity index (χ0) is 24.1. The SMILES string of the molecule is COCCCN1C(=O)C(=O)/C(=C(\O)c2ccc(OC)c(Br)c2)C1c1ccc(OC)c(OC)c1. The first-order valence-corrected chi connectivity index (χ1v) is 11.0. The van der Waals surface area contributed by atoms with E-state index in [2.05, 4.69) is 15.9 Å². The van der Waals surface area contributed by atoms with Crippen molar-refractivity contribution in [3.05, 3.63) is 57.6 Å². The number of hydrogen-bond donors (Lipinski definition) is 1. The minimum atomic E-state index is -0.803. The molecule has 3 rings (SSSR count). The number of aliphatic hydroxyl groups is 1. The van der Waals surface area contributed by atoms with Crippen LogP contribution in [-0.4, -0.2) is 63.3 Å². The van der Waals surface area contributed by atoms with E-state index >= 15 is 0 Å². The Morgan fingerprint density at radius 2 is 1.64 bits per heavy atom. The third kappa shape index (κ3) is 4.84. The lowest BCUT2D eigenvalue weighted by Crippen LogP contribution is -2.31. The number of methoxy groups -OCH3 is 4. The number of amides is 1. The highest BCUT2D eigenvalue weighted by molar-refractivity contribution is 9.10. The Morgan fingerprint density at radius 3 is 2.24 bits per heavy atom. The molecule has 1 aliphatic heterocycles. The fourth-order valence-corrected chi connectivity index (χ4v) is 4.37. The van der Waals surface area contributed by atoms with Crippen LogP contribution < -0.4 is 14.2 Å². The Kier molecular flexibility index (Phi) is 7.99. The molecule has 2 aromatic rings. The van der Waals surface area contributed by atoms with Gasteiger partial charge in [-0.3, -0.25) is 9.59 Å². The summed E-state index contributed by atoms with van der Waals surface area (Å²) in [5, 5.41) is 11.2. The van der Waals surface area contributed by atoms with Crippen molar-refractivity contribution in [2.24, 2.45) is 0 Å². The van der Waals surface area contributed by atoms with Crippen molar-refractivity contribution in [1.82, 2.24) is 4.90 Å². The molecule has 9 heteroatoms. The lowest BCUT2D eigenvalue weighted by Gasteiger charge is -2.26. The topological polar surface area (TPSA) is 94.5 Å². The van der Waals surface area contributed by atoms with Crippen LogP contribution in [0.2, 0.25) is 0 Å². The highest BCUT2D eigenvalue weighted by Crippen LogP contribution is 2.42. The van der Waals surface area contributed by atoms with Crippen LogP contribution in [0.25, 0.3) is 5.76 Å². The third-order valence-electron chi connectivity index (χ3n) is 5.44. The zero-order valence-corrected chi connectivity index (χ0v) is 20.5. The Hall–Kier alpha value is -3.04. The number of rotatable bonds is 9. The van der Waals surface area contributed by atoms with E-state index in [0.29, 0.717) is 45.9 Å². The molecule has 2 aromatic carbocycles. The van der Waals surface area contributed by atoms with Crippen LogP contribution in [0, 0.1) is 0 Å². The monoisotopic (exact) mass is 519 g/mol. The van der Waals surface area contributed by atoms with E-state index in [4.69, 9.17) is 18.9 Å². The summed E-state index contributed by atoms with van der Waals surface area (Å²) in [5.41, 5.74) is 0.989. The number of likely N-dealkylation sites (tertiary alicyclic amines) is 1. The van der Waals surface area contributed by atoms with Gasteiger partial charge in [-0.25, -0.2) is 0 Å². The van der Waals surface area contributed by atoms with Crippen molar-refractivity contribution < 1.29 is 33.6 Å². The van der Waals surface area contributed by atoms with Crippen LogP contribution in [0.3, 0.4) is 0 Å². The molecule has 1 heterocycles. The zero-order valence-electron chi connectivity index (χ0n) is 18.9. The first-order valence-electron chi connectivity index (χ1n) is 10.2. The molecule has 176 valence electrons. The second kappa shape index (κ2) is 10.7. The molecule has 0 bridgehead atoms. The molecule has 1 atom stereocenters. The van der Waals surface area contributed by atoms with Gasteiger partial charge in [0.2, 0.25) is 0 Å². The number of ketones is 1. The maximum Gasteiger partial charge on any atom is 0.295 e. The van der Waals surface area contributed by atoms with Crippen LogP contribution in [0.4, 0.5) is 0 Å². The molecule has 0 aromatic heterocycles. The van der Waals surface area contributed by atoms with Crippen molar-refractivity contribution in [2.75, 3.05) is 41.6 Å². The molecular weight excluding hydrogens is 494 g/mol. The Morgan fingerprint density at radius 1 is 0.970 bits per heavy atom. The number of ether oxygens (including phenoxy) is 4. The highest BCUT2D eigenvalue weighted by atomic mass is 79.9. The van der Waals surface area contributed by atoms with Gasteiger partial charge in [-0.15, -0.1) is 0 Å². The molecule has 33 heavy (non-hydrogen) atoms. The number of hydrogen-bond acceptors (Lipinski definition) is 7. The molecule has 0 aliphatic carbocycles. The minimum Gasteiger partial charge on any atom is -0.507 e. The summed E-state index contributed by atoms with van der Waals surface area (Å²) in [4.78, 5) is 27.5. The summed E-state index contributed by atoms with van der Waals surface area (Å²) >= 11 is 3.39. The summed E-state index contributed by atoms with van der Waals surface area (Å²) < 4.78 is 21.7. The van der Waals surface area contributed by atoms with Crippen LogP contribution in [0.1, 0.15) is 23.6 Å². The highest BCUT2D eigenvalue weighted by Gasteiger charge is 2.46. The van der Waals surface area contributed by atoms with Gasteiger partial charge >= 0.3 is 0 Å². The summed E-state index contributed by atoms with van der Waals surface area (Å²) in [5.74, 6) is -0.174. The molecular formula is C24H26BrNO7. The largest absolute Gasteiger partial charge is 0.507 e. The van der Waals surface area contributed by atoms with Crippen molar-refractivity contribution in [3.63, 3.8) is 0 Å². The van der Waals surface area contributed by atoms with E-state index in [9.17, 15) is 14.7 Å². The number of Topliss-reactive ketones (excluding diaryl/α,β-unsaturated/α-hetero) is 1. The smallest absolute Gasteiger partial charge is 0.295 e. The van der Waals surface area contributed by atoms with Gasteiger partial charge in [-0.2, -0.15) is 0 Å². The number of carbonyl (C=O) groups is 2. The van der Waals surface area contributed by atoms with Gasteiger partial charge in [0.25, 0.3) is 11.7 Å². The quantitative estimate of drug-likeness (QED) is 0.232. The van der Waals surface area contributed by atoms with Gasteiger partial charge < -0.3 is 29.0 Å². The first kappa shape index (κ1) is 24.6. The lowest BCUT2D eigenvalue weighted by atomic mass is 9.95. The first-order chi connectivity index (χ1) is 15.9. The van der Waals surface area contributed by atoms with Crippen LogP contribution in [-0.2, 0) is 14.3 Å². The molecule has 1 aliphatic rings. The van der Waals surface area contributed by atoms with Crippen molar-refractivity contribution in [1.29, 1.82) is 0 Å². The molecule has 8 nitrogen and oxygen atoms in total. The Balaban J connectivity index is 2.17. The molecule has 0 saturated carbocycles. The number of halogens is 1. The van der Waals surface area contributed by atoms with Gasteiger partial charge in [-0.05, 0) is 58.2 Å². The molecule has 1 fully saturated rings. The van der Waals surface area contributed by atoms with E-state index in [1.807, 2.05) is 0 Å². The van der Waals surface area contributed by atoms with Crippen molar-refractivity contribution in [2.45, 2.75) is 12.5 Å². The van der Waals surface area contributed by atoms with E-state index in [0.717, 1.165) is 0 Å². The van der Waals surface area contributed by atoms with Gasteiger partial charge in [0, 0.05) is 25.8 Å². The fourth-order valence-electron chi connectivity index (χ4n) is 3.83. The maximum atomic E-state index is 13.1. The molecule has 0 spiro atoms. The van der Waals surface area contributed by atoms with Gasteiger partial charge in [0.05, 0.1) is 37.4 Å². The number of benzene rings is 2. The Labute approximate surface area is 200 Å². The predicted molar refractivity (Wildman–Crippen MR) is 126 cm³/mol. The van der Waals surface area contributed by atoms with Gasteiger partial charge in [0.1, 0.15) is 11.5 Å². The number of aliphatic hydroxyl groups excluding tert-OH is 1. The number of carbonyl (C=O) groups excluding carboxylic acids is 2. The molecule has 0 radical (unpaired) electrons. The van der Waals surface area contributed by atoms with E-state index in [1.165, 1.54) is 26.2 Å². The summed E-state index contributed by atoms with van der Waals surface area (Å²) in [6.07, 6.45) is 0.529. The minimum absolute atomic E-state index is 0.00158. The van der Waals surface area contributed by atoms with Crippen LogP contribution in [0.5, 0.6) is 17.2 Å². The predicted octanol–water partition coefficient (Wildman–Crippen LogP) is 3.93. The average Bonchev–Trinajstić information content (AvgIpc) is 3.08. The Bertz CT molecular complexity index is 1080. The maximum absolute atomic E-state index is 13.1. The fraction of sp³-hybridized carbons (Fsp3) is 0.333. The average molecular weight is 520 g/mol. The normalized spacial score (nSPS) is 17.4. The van der Waals surface area contributed by atoms with E-state index in [1.54, 1.807) is 43.5 Å². The van der Waals surface area contributed by atoms with Crippen LogP contribution >= 0.6 is 15.9 Å². The summed E-state index contributed by atoms with van der Waals surface area (Å²) in [6.45, 7) is 0.702. The van der Waals surface area contributed by atoms with E-state index in [-0.39, 0.29) is 17.9 Å². The third-order valence-corrected chi connectivity index (χ3v) is 6.06. The second-order valence-electron chi connectivity index (χ2n) is 7.30. The van der Waals surface area contributed by atoms with Crippen LogP contribution in [0.15, 0.2) is 46.4 Å². The molecule has 1 saturated heterocycles. The second-order valence-corrected chi connectivity index (χ2v) is 8.16. The lowest BCUT2D eigenvalue weighted by molar-refractivity contribution is -0.140. The standard InChI is InChI=1S/C24H26BrNO7/c1-30-11-5-10-26-21(14-6-9-18(32-3)19(13-14)33-4)20(23(28)24(26)29)22(27)15-7-8-17(31-2)16(25)12-15/h6-9,12-13,21,27H,5,10-11H2,1-4H3/b22-20-. The molecule has 1 unspecified atom stereocenters. The van der Waals surface area contributed by atoms with Gasteiger partial charge in [-0.1, -0.05) is 6.07 Å². The van der Waals surface area contributed by atoms with Crippen molar-refractivity contribution in [3.8, 4) is 17.2 Å². The van der Waals surface area contributed by atoms with Crippen molar-refractivity contribution >= 4 is 33.4 Å². The molecule has 1 amide bonds. The van der Waals surface area contributed by atoms with E-state index < -0.39 is 17.7 Å². The molecule has 1 N–H and O–H groups in total. The summed E-state index contributed by atoms with van der Waals surface area (Å²) in [6, 6.07) is 9.28. The summed E-state index contributed by atoms with van der Waals surface area (Å²) in [7, 11) is 6.13. The van der Waals surface area contributed by atoms with Gasteiger partial charge in [0.15, 0.2) is 11.5 Å². The number of nitrogens with zero attached hydrogens (tertiary/aromatic N) is 1.